The number of hydrogen-bond acceptors (Lipinski definition) is 10. The van der Waals surface area contributed by atoms with Crippen LogP contribution < -0.4 is 19.5 Å². The third kappa shape index (κ3) is 3.71. The van der Waals surface area contributed by atoms with Crippen molar-refractivity contribution >= 4 is 17.6 Å². The molecular weight excluding hydrogens is 494 g/mol. The summed E-state index contributed by atoms with van der Waals surface area (Å²) in [5, 5.41) is 24.2. The second-order valence-electron chi connectivity index (χ2n) is 9.42. The highest BCUT2D eigenvalue weighted by molar-refractivity contribution is 5.90. The Morgan fingerprint density at radius 1 is 1.00 bits per heavy atom. The highest BCUT2D eigenvalue weighted by Gasteiger charge is 2.52. The van der Waals surface area contributed by atoms with Gasteiger partial charge in [-0.15, -0.1) is 0 Å². The summed E-state index contributed by atoms with van der Waals surface area (Å²) >= 11 is 0. The number of benzene rings is 3. The average Bonchev–Trinajstić information content (AvgIpc) is 3.55. The lowest BCUT2D eigenvalue weighted by atomic mass is 9.65. The number of aromatic hydroxyl groups is 2. The summed E-state index contributed by atoms with van der Waals surface area (Å²) in [5.74, 6) is -1.80. The predicted octanol–water partition coefficient (Wildman–Crippen LogP) is 3.71. The number of phenolic OH excluding ortho intramolecular Hbond substituents is 2. The van der Waals surface area contributed by atoms with Gasteiger partial charge in [-0.2, -0.15) is 0 Å². The monoisotopic (exact) mass is 519 g/mol. The van der Waals surface area contributed by atoms with Crippen LogP contribution in [-0.4, -0.2) is 49.8 Å². The van der Waals surface area contributed by atoms with Crippen molar-refractivity contribution in [3.05, 3.63) is 70.8 Å². The quantitative estimate of drug-likeness (QED) is 0.338. The molecule has 3 N–H and O–H groups in total. The Hall–Kier alpha value is -4.60. The van der Waals surface area contributed by atoms with E-state index in [0.29, 0.717) is 28.3 Å². The molecule has 1 saturated heterocycles. The smallest absolute Gasteiger partial charge is 0.337 e. The van der Waals surface area contributed by atoms with E-state index in [1.54, 1.807) is 24.3 Å². The van der Waals surface area contributed by atoms with Gasteiger partial charge < -0.3 is 39.2 Å². The van der Waals surface area contributed by atoms with E-state index in [9.17, 15) is 19.8 Å². The van der Waals surface area contributed by atoms with Crippen LogP contribution in [0, 0.1) is 11.8 Å². The molecule has 0 radical (unpaired) electrons. The number of carbonyl (C=O) groups is 2. The Kier molecular flexibility index (Phi) is 5.67. The van der Waals surface area contributed by atoms with Gasteiger partial charge in [-0.3, -0.25) is 4.79 Å². The maximum Gasteiger partial charge on any atom is 0.337 e. The molecule has 3 aromatic rings. The van der Waals surface area contributed by atoms with Gasteiger partial charge in [0, 0.05) is 17.5 Å². The Bertz CT molecular complexity index is 1450. The topological polar surface area (TPSA) is 133 Å². The number of ether oxygens (including phenoxy) is 5. The predicted molar refractivity (Wildman–Crippen MR) is 133 cm³/mol. The molecule has 0 bridgehead atoms. The van der Waals surface area contributed by atoms with E-state index in [-0.39, 0.29) is 48.6 Å². The van der Waals surface area contributed by atoms with E-state index in [1.165, 1.54) is 20.3 Å². The normalized spacial score (nSPS) is 22.7. The first kappa shape index (κ1) is 23.8. The van der Waals surface area contributed by atoms with Crippen LogP contribution in [0.4, 0.5) is 5.69 Å². The fraction of sp³-hybridized carbons (Fsp3) is 0.286. The van der Waals surface area contributed by atoms with Crippen LogP contribution >= 0.6 is 0 Å². The SMILES string of the molecule is COC(=O)c1cccc(N[C@H]2c3cc4c(cc3[C@@H](c3cc(O)c(O)c(OC)c3)[C@H]3C(=O)OC[C@@H]32)OCO4)c1. The van der Waals surface area contributed by atoms with Crippen molar-refractivity contribution in [1.29, 1.82) is 0 Å². The third-order valence-electron chi connectivity index (χ3n) is 7.45. The summed E-state index contributed by atoms with van der Waals surface area (Å²) < 4.78 is 27.0. The number of esters is 2. The molecular formula is C28H25NO9. The van der Waals surface area contributed by atoms with E-state index in [0.717, 1.165) is 11.1 Å². The molecule has 196 valence electrons. The molecule has 1 fully saturated rings. The number of phenols is 2. The number of methoxy groups -OCH3 is 2. The van der Waals surface area contributed by atoms with Gasteiger partial charge in [-0.1, -0.05) is 6.07 Å². The number of cyclic esters (lactones) is 1. The van der Waals surface area contributed by atoms with Crippen LogP contribution in [0.2, 0.25) is 0 Å². The minimum atomic E-state index is -0.613. The second-order valence-corrected chi connectivity index (χ2v) is 9.42. The summed E-state index contributed by atoms with van der Waals surface area (Å²) in [4.78, 5) is 25.3. The largest absolute Gasteiger partial charge is 0.504 e. The summed E-state index contributed by atoms with van der Waals surface area (Å²) in [7, 11) is 2.71. The zero-order valence-corrected chi connectivity index (χ0v) is 20.6. The molecule has 2 aliphatic heterocycles. The van der Waals surface area contributed by atoms with Gasteiger partial charge in [-0.25, -0.2) is 4.79 Å². The number of anilines is 1. The summed E-state index contributed by atoms with van der Waals surface area (Å²) in [5.41, 5.74) is 3.27. The summed E-state index contributed by atoms with van der Waals surface area (Å²) in [6, 6.07) is 13.4. The van der Waals surface area contributed by atoms with Crippen LogP contribution in [0.3, 0.4) is 0 Å². The maximum atomic E-state index is 13.2. The third-order valence-corrected chi connectivity index (χ3v) is 7.45. The molecule has 0 spiro atoms. The fourth-order valence-corrected chi connectivity index (χ4v) is 5.73. The number of nitrogens with one attached hydrogen (secondary N) is 1. The highest BCUT2D eigenvalue weighted by Crippen LogP contribution is 2.56. The molecule has 3 aliphatic rings. The van der Waals surface area contributed by atoms with Gasteiger partial charge in [0.2, 0.25) is 12.5 Å². The number of fused-ring (bicyclic) bond motifs is 3. The van der Waals surface area contributed by atoms with Crippen molar-refractivity contribution in [2.24, 2.45) is 11.8 Å². The van der Waals surface area contributed by atoms with E-state index < -0.39 is 17.8 Å². The van der Waals surface area contributed by atoms with E-state index in [1.807, 2.05) is 18.2 Å². The van der Waals surface area contributed by atoms with Crippen molar-refractivity contribution in [2.75, 3.05) is 32.9 Å². The molecule has 38 heavy (non-hydrogen) atoms. The van der Waals surface area contributed by atoms with Crippen molar-refractivity contribution < 1.29 is 43.5 Å². The van der Waals surface area contributed by atoms with Gasteiger partial charge in [0.1, 0.15) is 0 Å². The standard InChI is InChI=1S/C28H25NO9/c1-34-22-8-14(7-19(30)26(22)31)23-16-9-20-21(38-12-37-20)10-17(16)25(18-11-36-28(33)24(18)23)29-15-5-3-4-13(6-15)27(32)35-2/h3-10,18,23-25,29-31H,11-12H2,1-2H3/t18-,23+,24-,25-/m0/s1. The van der Waals surface area contributed by atoms with Crippen molar-refractivity contribution in [3.63, 3.8) is 0 Å². The molecule has 3 aromatic carbocycles. The first-order valence-electron chi connectivity index (χ1n) is 12.0. The van der Waals surface area contributed by atoms with E-state index >= 15 is 0 Å². The minimum Gasteiger partial charge on any atom is -0.504 e. The van der Waals surface area contributed by atoms with Crippen molar-refractivity contribution in [2.45, 2.75) is 12.0 Å². The molecule has 10 heteroatoms. The fourth-order valence-electron chi connectivity index (χ4n) is 5.73. The molecule has 0 amide bonds. The molecule has 1 aliphatic carbocycles. The average molecular weight is 520 g/mol. The van der Waals surface area contributed by atoms with Crippen LogP contribution in [0.15, 0.2) is 48.5 Å². The summed E-state index contributed by atoms with van der Waals surface area (Å²) in [6.45, 7) is 0.244. The first-order chi connectivity index (χ1) is 18.4. The van der Waals surface area contributed by atoms with Gasteiger partial charge in [0.15, 0.2) is 23.0 Å². The molecule has 0 aromatic heterocycles. The maximum absolute atomic E-state index is 13.2. The second kappa shape index (κ2) is 9.05. The van der Waals surface area contributed by atoms with Gasteiger partial charge in [-0.05, 0) is 59.2 Å². The molecule has 6 rings (SSSR count). The Morgan fingerprint density at radius 2 is 1.76 bits per heavy atom. The van der Waals surface area contributed by atoms with Crippen molar-refractivity contribution in [1.82, 2.24) is 0 Å². The van der Waals surface area contributed by atoms with Crippen LogP contribution in [0.5, 0.6) is 28.7 Å². The molecule has 4 atom stereocenters. The van der Waals surface area contributed by atoms with Crippen LogP contribution in [0.1, 0.15) is 39.0 Å². The van der Waals surface area contributed by atoms with Crippen molar-refractivity contribution in [3.8, 4) is 28.7 Å². The van der Waals surface area contributed by atoms with Gasteiger partial charge in [0.05, 0.1) is 38.3 Å². The van der Waals surface area contributed by atoms with Gasteiger partial charge in [0.25, 0.3) is 0 Å². The zero-order chi connectivity index (χ0) is 26.6. The number of carbonyl (C=O) groups excluding carboxylic acids is 2. The lowest BCUT2D eigenvalue weighted by Crippen LogP contribution is -2.37. The Labute approximate surface area is 217 Å². The summed E-state index contributed by atoms with van der Waals surface area (Å²) in [6.07, 6.45) is 0. The molecule has 0 unspecified atom stereocenters. The molecule has 10 nitrogen and oxygen atoms in total. The van der Waals surface area contributed by atoms with Crippen LogP contribution in [-0.2, 0) is 14.3 Å². The number of rotatable bonds is 5. The zero-order valence-electron chi connectivity index (χ0n) is 20.6. The minimum absolute atomic E-state index is 0.0743. The van der Waals surface area contributed by atoms with E-state index in [4.69, 9.17) is 23.7 Å². The Balaban J connectivity index is 1.51. The number of hydrogen-bond donors (Lipinski definition) is 3. The molecule has 2 heterocycles. The highest BCUT2D eigenvalue weighted by atomic mass is 16.7. The van der Waals surface area contributed by atoms with Crippen LogP contribution in [0.25, 0.3) is 0 Å². The lowest BCUT2D eigenvalue weighted by Gasteiger charge is -2.40. The first-order valence-corrected chi connectivity index (χ1v) is 12.0. The van der Waals surface area contributed by atoms with Gasteiger partial charge >= 0.3 is 11.9 Å². The Morgan fingerprint density at radius 3 is 2.50 bits per heavy atom. The lowest BCUT2D eigenvalue weighted by molar-refractivity contribution is -0.141. The molecule has 0 saturated carbocycles. The van der Waals surface area contributed by atoms with E-state index in [2.05, 4.69) is 5.32 Å².